The maximum absolute atomic E-state index is 13.1. The molecule has 2 rings (SSSR count). The molecule has 30 heavy (non-hydrogen) atoms. The number of anilines is 1. The van der Waals surface area contributed by atoms with Crippen molar-refractivity contribution in [1.29, 1.82) is 0 Å². The summed E-state index contributed by atoms with van der Waals surface area (Å²) >= 11 is 0. The van der Waals surface area contributed by atoms with Gasteiger partial charge in [0.1, 0.15) is 6.54 Å². The molecule has 2 aromatic rings. The number of unbranched alkanes of at least 4 members (excludes halogenated alkanes) is 1. The first-order valence-electron chi connectivity index (χ1n) is 10.4. The van der Waals surface area contributed by atoms with Gasteiger partial charge in [0.2, 0.25) is 5.91 Å². The molecule has 0 saturated carbocycles. The van der Waals surface area contributed by atoms with Crippen molar-refractivity contribution >= 4 is 17.6 Å². The maximum Gasteiger partial charge on any atom is 0.322 e. The summed E-state index contributed by atoms with van der Waals surface area (Å²) in [6, 6.07) is 11.3. The van der Waals surface area contributed by atoms with Gasteiger partial charge in [-0.25, -0.2) is 4.79 Å². The van der Waals surface area contributed by atoms with Gasteiger partial charge in [0.15, 0.2) is 0 Å². The van der Waals surface area contributed by atoms with Crippen molar-refractivity contribution in [2.45, 2.75) is 33.2 Å². The molecular formula is C23H34N4O3. The van der Waals surface area contributed by atoms with Crippen LogP contribution in [0.5, 0.6) is 0 Å². The smallest absolute Gasteiger partial charge is 0.322 e. The number of nitrogens with one attached hydrogen (secondary N) is 1. The Morgan fingerprint density at radius 3 is 2.57 bits per heavy atom. The van der Waals surface area contributed by atoms with Crippen LogP contribution < -0.4 is 5.32 Å². The number of hydrogen-bond acceptors (Lipinski definition) is 3. The highest BCUT2D eigenvalue weighted by molar-refractivity contribution is 5.92. The van der Waals surface area contributed by atoms with E-state index in [9.17, 15) is 9.59 Å². The Kier molecular flexibility index (Phi) is 9.41. The fraction of sp³-hybridized carbons (Fsp3) is 0.478. The fourth-order valence-electron chi connectivity index (χ4n) is 3.14. The van der Waals surface area contributed by atoms with Gasteiger partial charge in [-0.15, -0.1) is 0 Å². The summed E-state index contributed by atoms with van der Waals surface area (Å²) in [4.78, 5) is 29.3. The van der Waals surface area contributed by atoms with Gasteiger partial charge in [0.25, 0.3) is 0 Å². The van der Waals surface area contributed by atoms with Gasteiger partial charge in [-0.05, 0) is 43.2 Å². The molecule has 0 bridgehead atoms. The molecule has 0 fully saturated rings. The van der Waals surface area contributed by atoms with Crippen molar-refractivity contribution in [3.05, 3.63) is 53.9 Å². The molecule has 0 saturated heterocycles. The van der Waals surface area contributed by atoms with E-state index >= 15 is 0 Å². The third-order valence-electron chi connectivity index (χ3n) is 4.99. The van der Waals surface area contributed by atoms with Gasteiger partial charge < -0.3 is 24.4 Å². The summed E-state index contributed by atoms with van der Waals surface area (Å²) in [5.74, 6) is -0.0938. The van der Waals surface area contributed by atoms with E-state index in [-0.39, 0.29) is 18.5 Å². The molecule has 0 spiro atoms. The van der Waals surface area contributed by atoms with E-state index in [0.717, 1.165) is 29.8 Å². The second-order valence-corrected chi connectivity index (χ2v) is 7.49. The van der Waals surface area contributed by atoms with Crippen LogP contribution in [0.1, 0.15) is 31.0 Å². The first-order chi connectivity index (χ1) is 14.4. The molecule has 1 heterocycles. The highest BCUT2D eigenvalue weighted by atomic mass is 16.5. The average molecular weight is 415 g/mol. The SMILES string of the molecule is CCCCN(CC(=O)N(CCOC)Cc1cccn1C)C(=O)Nc1cccc(C)c1. The molecular weight excluding hydrogens is 380 g/mol. The zero-order valence-corrected chi connectivity index (χ0v) is 18.6. The van der Waals surface area contributed by atoms with Crippen LogP contribution in [0.15, 0.2) is 42.6 Å². The van der Waals surface area contributed by atoms with Crippen LogP contribution in [0.4, 0.5) is 10.5 Å². The molecule has 7 heteroatoms. The predicted octanol–water partition coefficient (Wildman–Crippen LogP) is 3.64. The summed E-state index contributed by atoms with van der Waals surface area (Å²) in [6.45, 7) is 6.01. The molecule has 0 aliphatic carbocycles. The molecule has 1 aromatic heterocycles. The minimum Gasteiger partial charge on any atom is -0.383 e. The van der Waals surface area contributed by atoms with Crippen molar-refractivity contribution in [2.24, 2.45) is 7.05 Å². The number of benzene rings is 1. The number of hydrogen-bond donors (Lipinski definition) is 1. The Hall–Kier alpha value is -2.80. The Labute approximate surface area is 179 Å². The molecule has 164 valence electrons. The fourth-order valence-corrected chi connectivity index (χ4v) is 3.14. The van der Waals surface area contributed by atoms with Gasteiger partial charge in [0.05, 0.1) is 13.2 Å². The van der Waals surface area contributed by atoms with Crippen LogP contribution in [-0.4, -0.2) is 59.7 Å². The van der Waals surface area contributed by atoms with E-state index in [1.54, 1.807) is 16.9 Å². The highest BCUT2D eigenvalue weighted by Crippen LogP contribution is 2.12. The molecule has 0 aliphatic rings. The highest BCUT2D eigenvalue weighted by Gasteiger charge is 2.22. The van der Waals surface area contributed by atoms with Crippen molar-refractivity contribution in [1.82, 2.24) is 14.4 Å². The topological polar surface area (TPSA) is 66.8 Å². The molecule has 7 nitrogen and oxygen atoms in total. The molecule has 0 atom stereocenters. The summed E-state index contributed by atoms with van der Waals surface area (Å²) in [5.41, 5.74) is 2.83. The lowest BCUT2D eigenvalue weighted by Crippen LogP contribution is -2.45. The van der Waals surface area contributed by atoms with E-state index in [1.807, 2.05) is 61.1 Å². The number of methoxy groups -OCH3 is 1. The minimum atomic E-state index is -0.257. The second-order valence-electron chi connectivity index (χ2n) is 7.49. The van der Waals surface area contributed by atoms with Crippen molar-refractivity contribution in [3.8, 4) is 0 Å². The molecule has 0 unspecified atom stereocenters. The zero-order valence-electron chi connectivity index (χ0n) is 18.6. The van der Waals surface area contributed by atoms with E-state index < -0.39 is 0 Å². The van der Waals surface area contributed by atoms with Crippen molar-refractivity contribution < 1.29 is 14.3 Å². The van der Waals surface area contributed by atoms with Crippen LogP contribution in [0, 0.1) is 6.92 Å². The zero-order chi connectivity index (χ0) is 21.9. The number of amides is 3. The van der Waals surface area contributed by atoms with Gasteiger partial charge >= 0.3 is 6.03 Å². The Bertz CT molecular complexity index is 818. The standard InChI is InChI=1S/C23H34N4O3/c1-5-6-13-27(23(29)24-20-10-7-9-19(2)16-20)18-22(28)26(14-15-30-4)17-21-11-8-12-25(21)3/h7-12,16H,5-6,13-15,17-18H2,1-4H3,(H,24,29). The van der Waals surface area contributed by atoms with Crippen LogP contribution in [0.25, 0.3) is 0 Å². The molecule has 1 aromatic carbocycles. The first kappa shape index (κ1) is 23.5. The molecule has 0 radical (unpaired) electrons. The number of carbonyl (C=O) groups is 2. The number of aryl methyl sites for hydroxylation is 2. The van der Waals surface area contributed by atoms with E-state index in [2.05, 4.69) is 12.2 Å². The lowest BCUT2D eigenvalue weighted by molar-refractivity contribution is -0.133. The van der Waals surface area contributed by atoms with E-state index in [1.165, 1.54) is 0 Å². The first-order valence-corrected chi connectivity index (χ1v) is 10.4. The molecule has 3 amide bonds. The van der Waals surface area contributed by atoms with Crippen LogP contribution in [0.2, 0.25) is 0 Å². The quantitative estimate of drug-likeness (QED) is 0.610. The number of urea groups is 1. The second kappa shape index (κ2) is 12.0. The third kappa shape index (κ3) is 7.22. The summed E-state index contributed by atoms with van der Waals surface area (Å²) in [5, 5.41) is 2.92. The summed E-state index contributed by atoms with van der Waals surface area (Å²) in [7, 11) is 3.57. The van der Waals surface area contributed by atoms with Crippen LogP contribution in [0.3, 0.4) is 0 Å². The Morgan fingerprint density at radius 2 is 1.93 bits per heavy atom. The monoisotopic (exact) mass is 414 g/mol. The van der Waals surface area contributed by atoms with Crippen molar-refractivity contribution in [3.63, 3.8) is 0 Å². The van der Waals surface area contributed by atoms with Gasteiger partial charge in [-0.3, -0.25) is 4.79 Å². The van der Waals surface area contributed by atoms with E-state index in [4.69, 9.17) is 4.74 Å². The van der Waals surface area contributed by atoms with E-state index in [0.29, 0.717) is 26.2 Å². The lowest BCUT2D eigenvalue weighted by atomic mass is 10.2. The van der Waals surface area contributed by atoms with Gasteiger partial charge in [0, 0.05) is 44.8 Å². The average Bonchev–Trinajstić information content (AvgIpc) is 3.12. The predicted molar refractivity (Wildman–Crippen MR) is 119 cm³/mol. The molecule has 1 N–H and O–H groups in total. The minimum absolute atomic E-state index is 0.0335. The lowest BCUT2D eigenvalue weighted by Gasteiger charge is -2.28. The normalized spacial score (nSPS) is 10.7. The third-order valence-corrected chi connectivity index (χ3v) is 4.99. The van der Waals surface area contributed by atoms with Gasteiger partial charge in [-0.1, -0.05) is 25.5 Å². The summed E-state index contributed by atoms with van der Waals surface area (Å²) in [6.07, 6.45) is 3.74. The summed E-state index contributed by atoms with van der Waals surface area (Å²) < 4.78 is 7.18. The number of carbonyl (C=O) groups excluding carboxylic acids is 2. The number of rotatable bonds is 11. The number of aromatic nitrogens is 1. The Balaban J connectivity index is 2.09. The van der Waals surface area contributed by atoms with Crippen LogP contribution in [-0.2, 0) is 23.1 Å². The Morgan fingerprint density at radius 1 is 1.13 bits per heavy atom. The van der Waals surface area contributed by atoms with Crippen molar-refractivity contribution in [2.75, 3.05) is 38.7 Å². The number of ether oxygens (including phenoxy) is 1. The molecule has 0 aliphatic heterocycles. The maximum atomic E-state index is 13.1. The van der Waals surface area contributed by atoms with Gasteiger partial charge in [-0.2, -0.15) is 0 Å². The number of nitrogens with zero attached hydrogens (tertiary/aromatic N) is 3. The van der Waals surface area contributed by atoms with Crippen LogP contribution >= 0.6 is 0 Å². The largest absolute Gasteiger partial charge is 0.383 e.